The lowest BCUT2D eigenvalue weighted by Crippen LogP contribution is -2.31. The van der Waals surface area contributed by atoms with Gasteiger partial charge in [-0.25, -0.2) is 4.39 Å². The fourth-order valence-electron chi connectivity index (χ4n) is 2.12. The van der Waals surface area contributed by atoms with Crippen molar-refractivity contribution in [1.29, 1.82) is 0 Å². The summed E-state index contributed by atoms with van der Waals surface area (Å²) in [7, 11) is 0. The zero-order valence-corrected chi connectivity index (χ0v) is 11.7. The monoisotopic (exact) mass is 297 g/mol. The second kappa shape index (κ2) is 6.74. The van der Waals surface area contributed by atoms with Crippen LogP contribution in [0.2, 0.25) is 0 Å². The number of hydrogen-bond acceptors (Lipinski definition) is 3. The first-order valence-electron chi connectivity index (χ1n) is 6.39. The van der Waals surface area contributed by atoms with Gasteiger partial charge in [-0.05, 0) is 24.1 Å². The number of rotatable bonds is 5. The minimum Gasteiger partial charge on any atom is -0.481 e. The standard InChI is InChI=1S/C14H16FNO3S/c15-12-3-1-10(2-4-12)8-20-9-13(17)16-6-5-11(7-16)14(18)19/h1-4,11H,5-9H2,(H,18,19). The number of carboxylic acid groups (broad SMARTS) is 1. The van der Waals surface area contributed by atoms with Crippen molar-refractivity contribution in [2.45, 2.75) is 12.2 Å². The molecule has 0 aliphatic carbocycles. The maximum atomic E-state index is 12.7. The molecular weight excluding hydrogens is 281 g/mol. The van der Waals surface area contributed by atoms with E-state index in [-0.39, 0.29) is 11.7 Å². The topological polar surface area (TPSA) is 57.6 Å². The van der Waals surface area contributed by atoms with Gasteiger partial charge in [-0.1, -0.05) is 12.1 Å². The Morgan fingerprint density at radius 1 is 1.35 bits per heavy atom. The highest BCUT2D eigenvalue weighted by atomic mass is 32.2. The van der Waals surface area contributed by atoms with E-state index in [4.69, 9.17) is 5.11 Å². The van der Waals surface area contributed by atoms with Crippen LogP contribution in [0.1, 0.15) is 12.0 Å². The highest BCUT2D eigenvalue weighted by Crippen LogP contribution is 2.19. The molecule has 1 amide bonds. The van der Waals surface area contributed by atoms with Gasteiger partial charge in [0.1, 0.15) is 5.82 Å². The van der Waals surface area contributed by atoms with E-state index in [2.05, 4.69) is 0 Å². The van der Waals surface area contributed by atoms with Gasteiger partial charge >= 0.3 is 5.97 Å². The minimum absolute atomic E-state index is 0.0270. The third-order valence-electron chi connectivity index (χ3n) is 3.30. The number of hydrogen-bond donors (Lipinski definition) is 1. The molecule has 1 fully saturated rings. The average Bonchev–Trinajstić information content (AvgIpc) is 2.91. The second-order valence-electron chi connectivity index (χ2n) is 4.78. The molecule has 1 atom stereocenters. The van der Waals surface area contributed by atoms with Crippen LogP contribution in [0, 0.1) is 11.7 Å². The molecule has 108 valence electrons. The van der Waals surface area contributed by atoms with Gasteiger partial charge < -0.3 is 10.0 Å². The van der Waals surface area contributed by atoms with Crippen LogP contribution in [-0.4, -0.2) is 40.7 Å². The smallest absolute Gasteiger partial charge is 0.308 e. The van der Waals surface area contributed by atoms with Crippen molar-refractivity contribution in [2.75, 3.05) is 18.8 Å². The Bertz CT molecular complexity index is 492. The average molecular weight is 297 g/mol. The summed E-state index contributed by atoms with van der Waals surface area (Å²) in [5.74, 6) is -0.598. The highest BCUT2D eigenvalue weighted by Gasteiger charge is 2.30. The summed E-state index contributed by atoms with van der Waals surface area (Å²) < 4.78 is 12.7. The van der Waals surface area contributed by atoms with Gasteiger partial charge in [-0.2, -0.15) is 0 Å². The van der Waals surface area contributed by atoms with Crippen molar-refractivity contribution >= 4 is 23.6 Å². The summed E-state index contributed by atoms with van der Waals surface area (Å²) in [6.45, 7) is 0.832. The fourth-order valence-corrected chi connectivity index (χ4v) is 3.00. The van der Waals surface area contributed by atoms with E-state index in [1.165, 1.54) is 23.9 Å². The lowest BCUT2D eigenvalue weighted by Gasteiger charge is -2.15. The summed E-state index contributed by atoms with van der Waals surface area (Å²) in [5, 5.41) is 8.89. The fraction of sp³-hybridized carbons (Fsp3) is 0.429. The Hall–Kier alpha value is -1.56. The van der Waals surface area contributed by atoms with E-state index in [9.17, 15) is 14.0 Å². The van der Waals surface area contributed by atoms with Crippen LogP contribution in [0.5, 0.6) is 0 Å². The van der Waals surface area contributed by atoms with Crippen molar-refractivity contribution in [2.24, 2.45) is 5.92 Å². The van der Waals surface area contributed by atoms with E-state index in [0.717, 1.165) is 5.56 Å². The molecule has 1 heterocycles. The van der Waals surface area contributed by atoms with Crippen molar-refractivity contribution in [3.63, 3.8) is 0 Å². The molecule has 1 saturated heterocycles. The second-order valence-corrected chi connectivity index (χ2v) is 5.77. The first-order chi connectivity index (χ1) is 9.56. The molecule has 1 N–H and O–H groups in total. The van der Waals surface area contributed by atoms with Gasteiger partial charge in [-0.3, -0.25) is 9.59 Å². The predicted molar refractivity (Wildman–Crippen MR) is 74.9 cm³/mol. The lowest BCUT2D eigenvalue weighted by atomic mass is 10.1. The maximum absolute atomic E-state index is 12.7. The van der Waals surface area contributed by atoms with E-state index < -0.39 is 11.9 Å². The lowest BCUT2D eigenvalue weighted by molar-refractivity contribution is -0.141. The number of thioether (sulfide) groups is 1. The predicted octanol–water partition coefficient (Wildman–Crippen LogP) is 1.99. The molecule has 20 heavy (non-hydrogen) atoms. The Morgan fingerprint density at radius 3 is 2.65 bits per heavy atom. The van der Waals surface area contributed by atoms with Crippen molar-refractivity contribution in [3.8, 4) is 0 Å². The number of carbonyl (C=O) groups excluding carboxylic acids is 1. The van der Waals surface area contributed by atoms with Crippen LogP contribution in [0.4, 0.5) is 4.39 Å². The minimum atomic E-state index is -0.834. The molecular formula is C14H16FNO3S. The number of likely N-dealkylation sites (tertiary alicyclic amines) is 1. The highest BCUT2D eigenvalue weighted by molar-refractivity contribution is 7.99. The molecule has 4 nitrogen and oxygen atoms in total. The van der Waals surface area contributed by atoms with Gasteiger partial charge in [0.25, 0.3) is 0 Å². The van der Waals surface area contributed by atoms with Gasteiger partial charge in [0.05, 0.1) is 11.7 Å². The number of carboxylic acids is 1. The molecule has 2 rings (SSSR count). The number of nitrogens with zero attached hydrogens (tertiary/aromatic N) is 1. The Morgan fingerprint density at radius 2 is 2.05 bits per heavy atom. The van der Waals surface area contributed by atoms with Crippen LogP contribution < -0.4 is 0 Å². The summed E-state index contributed by atoms with van der Waals surface area (Å²) >= 11 is 1.46. The normalized spacial score (nSPS) is 18.2. The number of aliphatic carboxylic acids is 1. The van der Waals surface area contributed by atoms with Crippen LogP contribution in [0.3, 0.4) is 0 Å². The third-order valence-corrected chi connectivity index (χ3v) is 4.29. The molecule has 0 saturated carbocycles. The molecule has 1 unspecified atom stereocenters. The Labute approximate surface area is 121 Å². The number of amides is 1. The van der Waals surface area contributed by atoms with E-state index in [1.807, 2.05) is 0 Å². The number of benzene rings is 1. The van der Waals surface area contributed by atoms with Crippen LogP contribution in [-0.2, 0) is 15.3 Å². The summed E-state index contributed by atoms with van der Waals surface area (Å²) in [4.78, 5) is 24.3. The van der Waals surface area contributed by atoms with Gasteiger partial charge in [0.15, 0.2) is 0 Å². The van der Waals surface area contributed by atoms with Gasteiger partial charge in [0, 0.05) is 18.8 Å². The summed E-state index contributed by atoms with van der Waals surface area (Å²) in [6.07, 6.45) is 0.531. The molecule has 1 aromatic carbocycles. The molecule has 0 bridgehead atoms. The van der Waals surface area contributed by atoms with E-state index in [1.54, 1.807) is 17.0 Å². The molecule has 0 aromatic heterocycles. The number of carbonyl (C=O) groups is 2. The zero-order chi connectivity index (χ0) is 14.5. The molecule has 0 radical (unpaired) electrons. The molecule has 1 aromatic rings. The quantitative estimate of drug-likeness (QED) is 0.903. The Balaban J connectivity index is 1.73. The summed E-state index contributed by atoms with van der Waals surface area (Å²) in [6, 6.07) is 6.19. The van der Waals surface area contributed by atoms with E-state index in [0.29, 0.717) is 31.0 Å². The molecule has 1 aliphatic heterocycles. The Kier molecular flexibility index (Phi) is 5.00. The van der Waals surface area contributed by atoms with Gasteiger partial charge in [-0.15, -0.1) is 11.8 Å². The maximum Gasteiger partial charge on any atom is 0.308 e. The molecule has 1 aliphatic rings. The largest absolute Gasteiger partial charge is 0.481 e. The van der Waals surface area contributed by atoms with Crippen LogP contribution in [0.15, 0.2) is 24.3 Å². The van der Waals surface area contributed by atoms with Crippen LogP contribution >= 0.6 is 11.8 Å². The van der Waals surface area contributed by atoms with Crippen LogP contribution in [0.25, 0.3) is 0 Å². The zero-order valence-electron chi connectivity index (χ0n) is 10.9. The van der Waals surface area contributed by atoms with E-state index >= 15 is 0 Å². The first kappa shape index (κ1) is 14.8. The van der Waals surface area contributed by atoms with Crippen molar-refractivity contribution in [3.05, 3.63) is 35.6 Å². The number of halogens is 1. The van der Waals surface area contributed by atoms with Crippen molar-refractivity contribution in [1.82, 2.24) is 4.90 Å². The first-order valence-corrected chi connectivity index (χ1v) is 7.54. The molecule has 0 spiro atoms. The molecule has 6 heteroatoms. The summed E-state index contributed by atoms with van der Waals surface area (Å²) in [5.41, 5.74) is 0.967. The van der Waals surface area contributed by atoms with Crippen molar-refractivity contribution < 1.29 is 19.1 Å². The SMILES string of the molecule is O=C(O)C1CCN(C(=O)CSCc2ccc(F)cc2)C1. The third kappa shape index (κ3) is 3.96. The van der Waals surface area contributed by atoms with Gasteiger partial charge in [0.2, 0.25) is 5.91 Å².